The number of fused-ring (bicyclic) bond motifs is 2. The molecule has 0 saturated heterocycles. The number of nitrogens with two attached hydrogens (primary N) is 1. The number of aromatic nitrogens is 6. The monoisotopic (exact) mass is 529 g/mol. The van der Waals surface area contributed by atoms with Gasteiger partial charge in [0.15, 0.2) is 11.5 Å². The fourth-order valence-electron chi connectivity index (χ4n) is 4.13. The lowest BCUT2D eigenvalue weighted by Gasteiger charge is -2.15. The van der Waals surface area contributed by atoms with Crippen molar-refractivity contribution >= 4 is 39.5 Å². The molecule has 0 saturated carbocycles. The first-order valence-electron chi connectivity index (χ1n) is 12.7. The molecule has 0 atom stereocenters. The Morgan fingerprint density at radius 2 is 1.90 bits per heavy atom. The third-order valence-corrected chi connectivity index (χ3v) is 5.98. The Labute approximate surface area is 224 Å². The highest BCUT2D eigenvalue weighted by Crippen LogP contribution is 2.21. The van der Waals surface area contributed by atoms with Crippen molar-refractivity contribution in [2.45, 2.75) is 39.0 Å². The first-order chi connectivity index (χ1) is 19.0. The van der Waals surface area contributed by atoms with E-state index in [0.29, 0.717) is 47.3 Å². The number of para-hydroxylation sites is 1. The molecule has 12 nitrogen and oxygen atoms in total. The lowest BCUT2D eigenvalue weighted by atomic mass is 10.1. The molecule has 0 spiro atoms. The van der Waals surface area contributed by atoms with E-state index in [9.17, 15) is 9.59 Å². The van der Waals surface area contributed by atoms with Gasteiger partial charge in [0.2, 0.25) is 5.91 Å². The van der Waals surface area contributed by atoms with Crippen LogP contribution in [0.1, 0.15) is 38.4 Å². The van der Waals surface area contributed by atoms with Crippen LogP contribution < -0.4 is 22.1 Å². The summed E-state index contributed by atoms with van der Waals surface area (Å²) in [4.78, 5) is 43.7. The van der Waals surface area contributed by atoms with Crippen molar-refractivity contribution in [2.24, 2.45) is 0 Å². The second-order valence-electron chi connectivity index (χ2n) is 8.73. The topological polar surface area (TPSA) is 177 Å². The van der Waals surface area contributed by atoms with Crippen LogP contribution >= 0.6 is 0 Å². The number of H-pyrrole nitrogens is 1. The minimum atomic E-state index is -0.395. The average molecular weight is 530 g/mol. The van der Waals surface area contributed by atoms with E-state index < -0.39 is 5.91 Å². The van der Waals surface area contributed by atoms with Crippen molar-refractivity contribution in [2.75, 3.05) is 17.6 Å². The zero-order chi connectivity index (χ0) is 27.6. The molecule has 0 fully saturated rings. The Bertz CT molecular complexity index is 1600. The molecule has 0 aliphatic rings. The highest BCUT2D eigenvalue weighted by molar-refractivity contribution is 5.91. The van der Waals surface area contributed by atoms with Gasteiger partial charge in [-0.25, -0.2) is 25.4 Å². The van der Waals surface area contributed by atoms with Crippen LogP contribution in [0.15, 0.2) is 66.0 Å². The maximum Gasteiger partial charge on any atom is 0.268 e. The van der Waals surface area contributed by atoms with Crippen molar-refractivity contribution < 1.29 is 10.0 Å². The van der Waals surface area contributed by atoms with E-state index in [1.165, 1.54) is 12.7 Å². The number of anilines is 2. The van der Waals surface area contributed by atoms with E-state index in [-0.39, 0.29) is 12.0 Å². The summed E-state index contributed by atoms with van der Waals surface area (Å²) in [6.07, 6.45) is 6.16. The number of hydroxylamine groups is 1. The predicted octanol–water partition coefficient (Wildman–Crippen LogP) is 3.36. The lowest BCUT2D eigenvalue weighted by Crippen LogP contribution is -2.25. The number of imidazole rings is 1. The van der Waals surface area contributed by atoms with Gasteiger partial charge >= 0.3 is 0 Å². The van der Waals surface area contributed by atoms with E-state index in [1.807, 2.05) is 48.5 Å². The Hall–Kier alpha value is -4.84. The molecule has 1 amide bonds. The Kier molecular flexibility index (Phi) is 9.14. The number of nitrogens with zero attached hydrogens (tertiary/aromatic N) is 5. The highest BCUT2D eigenvalue weighted by atomic mass is 16.5. The molecule has 2 aromatic carbocycles. The molecule has 3 aromatic heterocycles. The number of hydrogen-bond donors (Lipinski definition) is 5. The van der Waals surface area contributed by atoms with E-state index in [4.69, 9.17) is 15.9 Å². The van der Waals surface area contributed by atoms with E-state index >= 15 is 0 Å². The van der Waals surface area contributed by atoms with Gasteiger partial charge in [-0.2, -0.15) is 0 Å². The van der Waals surface area contributed by atoms with Crippen LogP contribution in [-0.2, 0) is 11.2 Å². The van der Waals surface area contributed by atoms with Gasteiger partial charge in [-0.1, -0.05) is 31.2 Å². The number of hydrogen-bond acceptors (Lipinski definition) is 9. The van der Waals surface area contributed by atoms with E-state index in [2.05, 4.69) is 32.2 Å². The third-order valence-electron chi connectivity index (χ3n) is 5.98. The first kappa shape index (κ1) is 27.2. The van der Waals surface area contributed by atoms with Crippen LogP contribution in [0.5, 0.6) is 0 Å². The van der Waals surface area contributed by atoms with Gasteiger partial charge in [0.25, 0.3) is 5.56 Å². The molecular weight excluding hydrogens is 498 g/mol. The average Bonchev–Trinajstić information content (AvgIpc) is 3.44. The first-order valence-corrected chi connectivity index (χ1v) is 12.7. The predicted molar refractivity (Wildman–Crippen MR) is 150 cm³/mol. The molecule has 0 unspecified atom stereocenters. The van der Waals surface area contributed by atoms with Crippen LogP contribution in [0, 0.1) is 0 Å². The highest BCUT2D eigenvalue weighted by Gasteiger charge is 2.15. The molecule has 0 aliphatic carbocycles. The normalized spacial score (nSPS) is 10.7. The van der Waals surface area contributed by atoms with Crippen LogP contribution in [-0.4, -0.2) is 47.1 Å². The summed E-state index contributed by atoms with van der Waals surface area (Å²) in [5.74, 6) is 0.791. The van der Waals surface area contributed by atoms with E-state index in [0.717, 1.165) is 30.0 Å². The van der Waals surface area contributed by atoms with Gasteiger partial charge in [0.1, 0.15) is 17.7 Å². The number of nitrogen functional groups attached to an aromatic ring is 1. The van der Waals surface area contributed by atoms with Crippen LogP contribution in [0.2, 0.25) is 0 Å². The SMILES string of the molecule is CCCc1nc2cccc(NCCCCC(=O)NO)c2c(=O)n1-c1ccccc1.Nc1ncnc2nc[nH]c12. The van der Waals surface area contributed by atoms with Gasteiger partial charge in [-0.15, -0.1) is 0 Å². The second kappa shape index (κ2) is 13.1. The zero-order valence-corrected chi connectivity index (χ0v) is 21.6. The van der Waals surface area contributed by atoms with Crippen LogP contribution in [0.4, 0.5) is 11.5 Å². The van der Waals surface area contributed by atoms with Gasteiger partial charge in [-0.05, 0) is 43.5 Å². The lowest BCUT2D eigenvalue weighted by molar-refractivity contribution is -0.129. The quantitative estimate of drug-likeness (QED) is 0.109. The summed E-state index contributed by atoms with van der Waals surface area (Å²) in [7, 11) is 0. The Morgan fingerprint density at radius 1 is 1.08 bits per heavy atom. The Balaban J connectivity index is 0.000000292. The molecule has 6 N–H and O–H groups in total. The van der Waals surface area contributed by atoms with Gasteiger partial charge in [0.05, 0.1) is 22.9 Å². The fourth-order valence-corrected chi connectivity index (χ4v) is 4.13. The number of carbonyl (C=O) groups excluding carboxylic acids is 1. The fraction of sp³-hybridized carbons (Fsp3) is 0.259. The molecule has 0 bridgehead atoms. The number of benzene rings is 2. The van der Waals surface area contributed by atoms with Crippen molar-refractivity contribution in [3.63, 3.8) is 0 Å². The maximum absolute atomic E-state index is 13.5. The number of nitrogens with one attached hydrogen (secondary N) is 3. The summed E-state index contributed by atoms with van der Waals surface area (Å²) >= 11 is 0. The minimum absolute atomic E-state index is 0.0904. The summed E-state index contributed by atoms with van der Waals surface area (Å²) in [6, 6.07) is 15.2. The zero-order valence-electron chi connectivity index (χ0n) is 21.6. The number of unbranched alkanes of at least 4 members (excludes halogenated alkanes) is 1. The molecule has 5 aromatic rings. The Morgan fingerprint density at radius 3 is 2.64 bits per heavy atom. The molecule has 39 heavy (non-hydrogen) atoms. The van der Waals surface area contributed by atoms with Crippen molar-refractivity contribution in [3.05, 3.63) is 77.4 Å². The largest absolute Gasteiger partial charge is 0.384 e. The number of aromatic amines is 1. The molecule has 3 heterocycles. The van der Waals surface area contributed by atoms with Crippen LogP contribution in [0.25, 0.3) is 27.8 Å². The van der Waals surface area contributed by atoms with Crippen molar-refractivity contribution in [1.29, 1.82) is 0 Å². The van der Waals surface area contributed by atoms with Gasteiger partial charge in [0, 0.05) is 25.1 Å². The molecule has 12 heteroatoms. The maximum atomic E-state index is 13.5. The van der Waals surface area contributed by atoms with Crippen molar-refractivity contribution in [1.82, 2.24) is 35.0 Å². The summed E-state index contributed by atoms with van der Waals surface area (Å²) < 4.78 is 1.70. The molecular formula is C27H31N9O3. The van der Waals surface area contributed by atoms with Crippen molar-refractivity contribution in [3.8, 4) is 5.69 Å². The molecule has 5 rings (SSSR count). The number of rotatable bonds is 9. The summed E-state index contributed by atoms with van der Waals surface area (Å²) in [6.45, 7) is 2.68. The number of carbonyl (C=O) groups is 1. The van der Waals surface area contributed by atoms with Crippen LogP contribution in [0.3, 0.4) is 0 Å². The third kappa shape index (κ3) is 6.54. The molecule has 0 radical (unpaired) electrons. The van der Waals surface area contributed by atoms with E-state index in [1.54, 1.807) is 10.0 Å². The molecule has 202 valence electrons. The summed E-state index contributed by atoms with van der Waals surface area (Å²) in [5.41, 5.74) is 10.5. The van der Waals surface area contributed by atoms with Gasteiger partial charge in [-0.3, -0.25) is 19.4 Å². The smallest absolute Gasteiger partial charge is 0.268 e. The molecule has 0 aliphatic heterocycles. The number of aryl methyl sites for hydroxylation is 1. The summed E-state index contributed by atoms with van der Waals surface area (Å²) in [5, 5.41) is 12.4. The standard InChI is InChI=1S/C22H26N4O3.C5H5N5/c1-2-9-19-24-18-13-8-12-17(23-15-7-6-14-20(27)25-29)21(18)22(28)26(19)16-10-4-3-5-11-16;6-4-3-5(9-1-7-3)10-2-8-4/h3-5,8,10-13,23,29H,2,6-7,9,14-15H2,1H3,(H,25,27);1-2H,(H3,6,7,8,9,10). The second-order valence-corrected chi connectivity index (χ2v) is 8.73. The van der Waals surface area contributed by atoms with Gasteiger partial charge < -0.3 is 16.0 Å². The minimum Gasteiger partial charge on any atom is -0.384 e. The number of amides is 1.